The molecule has 0 spiro atoms. The van der Waals surface area contributed by atoms with Gasteiger partial charge in [-0.05, 0) is 84.6 Å². The van der Waals surface area contributed by atoms with E-state index >= 15 is 0 Å². The number of methoxy groups -OCH3 is 1. The number of ether oxygens (including phenoxy) is 1. The van der Waals surface area contributed by atoms with Crippen molar-refractivity contribution in [3.05, 3.63) is 114 Å². The van der Waals surface area contributed by atoms with Gasteiger partial charge in [0, 0.05) is 49.7 Å². The van der Waals surface area contributed by atoms with Crippen LogP contribution in [0.5, 0.6) is 5.75 Å². The molecule has 12 nitrogen and oxygen atoms in total. The van der Waals surface area contributed by atoms with Crippen LogP contribution in [-0.4, -0.2) is 91.8 Å². The van der Waals surface area contributed by atoms with Crippen molar-refractivity contribution >= 4 is 22.9 Å². The minimum Gasteiger partial charge on any atom is -0.496 e. The van der Waals surface area contributed by atoms with E-state index in [9.17, 15) is 4.79 Å². The van der Waals surface area contributed by atoms with E-state index < -0.39 is 0 Å². The van der Waals surface area contributed by atoms with Crippen molar-refractivity contribution in [2.45, 2.75) is 43.7 Å². The average Bonchev–Trinajstić information content (AvgIpc) is 4.01. The molecule has 8 rings (SSSR count). The smallest absolute Gasteiger partial charge is 0.257 e. The van der Waals surface area contributed by atoms with Gasteiger partial charge in [0.15, 0.2) is 0 Å². The van der Waals surface area contributed by atoms with Gasteiger partial charge >= 0.3 is 0 Å². The number of nitrogens with zero attached hydrogens (tertiary/aromatic N) is 8. The van der Waals surface area contributed by atoms with Crippen molar-refractivity contribution in [3.8, 4) is 11.4 Å². The van der Waals surface area contributed by atoms with Crippen LogP contribution in [0.25, 0.3) is 16.7 Å². The summed E-state index contributed by atoms with van der Waals surface area (Å²) in [5, 5.41) is 11.5. The first kappa shape index (κ1) is 31.8. The summed E-state index contributed by atoms with van der Waals surface area (Å²) in [4.78, 5) is 29.6. The van der Waals surface area contributed by atoms with Crippen molar-refractivity contribution in [1.82, 2.24) is 40.0 Å². The molecule has 3 aromatic carbocycles. The Labute approximate surface area is 290 Å². The number of aromatic amines is 1. The quantitative estimate of drug-likeness (QED) is 0.191. The zero-order valence-electron chi connectivity index (χ0n) is 28.2. The second-order valence-electron chi connectivity index (χ2n) is 13.4. The molecule has 1 N–H and O–H groups in total. The molecular weight excluding hydrogens is 630 g/mol. The third kappa shape index (κ3) is 6.34. The fraction of sp³-hybridized carbons (Fsp3) is 0.342. The Morgan fingerprint density at radius 2 is 1.88 bits per heavy atom. The summed E-state index contributed by atoms with van der Waals surface area (Å²) in [6.07, 6.45) is 9.02. The topological polar surface area (TPSA) is 121 Å². The van der Waals surface area contributed by atoms with Crippen LogP contribution in [0.3, 0.4) is 0 Å². The summed E-state index contributed by atoms with van der Waals surface area (Å²) < 4.78 is 12.6. The number of benzene rings is 3. The molecule has 2 aliphatic heterocycles. The van der Waals surface area contributed by atoms with E-state index in [2.05, 4.69) is 72.8 Å². The fourth-order valence-corrected chi connectivity index (χ4v) is 7.74. The van der Waals surface area contributed by atoms with Gasteiger partial charge in [-0.15, -0.1) is 5.10 Å². The number of piperidine rings is 1. The number of amides is 1. The first-order valence-electron chi connectivity index (χ1n) is 17.3. The molecule has 0 bridgehead atoms. The lowest BCUT2D eigenvalue weighted by atomic mass is 9.76. The van der Waals surface area contributed by atoms with Crippen molar-refractivity contribution in [3.63, 3.8) is 0 Å². The van der Waals surface area contributed by atoms with E-state index in [1.54, 1.807) is 24.1 Å². The standard InChI is InChI=1S/C38H41N9O3/c1-49-35-12-11-31(47-27-39-42-43-47)23-32(35)36(48)45-21-17-38(26-45,29-7-3-2-4-8-29)16-20-44-18-13-30(14-19-44)46(24-28-15-22-50-25-28)37-40-33-9-5-6-10-34(33)41-37/h2-12,15,22-23,25,27,30H,13-14,16-21,24,26H2,1H3,(H,40,41). The summed E-state index contributed by atoms with van der Waals surface area (Å²) in [6, 6.07) is 26.8. The molecule has 5 heterocycles. The molecule has 2 saturated heterocycles. The molecule has 1 unspecified atom stereocenters. The SMILES string of the molecule is COc1ccc(-n2cnnn2)cc1C(=O)N1CCC(CCN2CCC(N(Cc3ccoc3)c3nc4ccccc4[nH]3)CC2)(c2ccccc2)C1. The Hall–Kier alpha value is -5.49. The number of para-hydroxylation sites is 2. The van der Waals surface area contributed by atoms with Gasteiger partial charge in [0.25, 0.3) is 5.91 Å². The van der Waals surface area contributed by atoms with Gasteiger partial charge in [0.1, 0.15) is 12.1 Å². The number of carbonyl (C=O) groups excluding carboxylic acids is 1. The van der Waals surface area contributed by atoms with Crippen molar-refractivity contribution in [1.29, 1.82) is 0 Å². The van der Waals surface area contributed by atoms with Crippen LogP contribution in [0.4, 0.5) is 5.95 Å². The number of nitrogens with one attached hydrogen (secondary N) is 1. The summed E-state index contributed by atoms with van der Waals surface area (Å²) in [5.74, 6) is 1.40. The van der Waals surface area contributed by atoms with Crippen LogP contribution in [0.15, 0.2) is 102 Å². The maximum absolute atomic E-state index is 14.1. The summed E-state index contributed by atoms with van der Waals surface area (Å²) in [7, 11) is 1.59. The molecule has 0 saturated carbocycles. The molecule has 1 atom stereocenters. The number of H-pyrrole nitrogens is 1. The zero-order chi connectivity index (χ0) is 33.9. The number of hydrogen-bond acceptors (Lipinski definition) is 9. The number of rotatable bonds is 11. The molecule has 50 heavy (non-hydrogen) atoms. The fourth-order valence-electron chi connectivity index (χ4n) is 7.74. The number of aromatic nitrogens is 6. The third-order valence-electron chi connectivity index (χ3n) is 10.5. The molecule has 6 aromatic rings. The van der Waals surface area contributed by atoms with Crippen LogP contribution in [-0.2, 0) is 12.0 Å². The van der Waals surface area contributed by atoms with Gasteiger partial charge in [-0.1, -0.05) is 42.5 Å². The van der Waals surface area contributed by atoms with E-state index in [1.807, 2.05) is 41.5 Å². The van der Waals surface area contributed by atoms with E-state index in [0.29, 0.717) is 36.1 Å². The number of furan rings is 1. The number of hydrogen-bond donors (Lipinski definition) is 1. The molecule has 0 radical (unpaired) electrons. The molecular formula is C38H41N9O3. The molecule has 0 aliphatic carbocycles. The normalized spacial score (nSPS) is 18.5. The Bertz CT molecular complexity index is 1990. The van der Waals surface area contributed by atoms with Gasteiger partial charge in [0.05, 0.1) is 41.9 Å². The minimum atomic E-state index is -0.143. The average molecular weight is 672 g/mol. The number of likely N-dealkylation sites (tertiary alicyclic amines) is 2. The summed E-state index contributed by atoms with van der Waals surface area (Å²) >= 11 is 0. The Morgan fingerprint density at radius 3 is 2.64 bits per heavy atom. The van der Waals surface area contributed by atoms with Crippen LogP contribution >= 0.6 is 0 Å². The highest BCUT2D eigenvalue weighted by Crippen LogP contribution is 2.40. The molecule has 256 valence electrons. The number of fused-ring (bicyclic) bond motifs is 1. The monoisotopic (exact) mass is 671 g/mol. The highest BCUT2D eigenvalue weighted by atomic mass is 16.5. The first-order chi connectivity index (χ1) is 24.6. The molecule has 2 aliphatic rings. The third-order valence-corrected chi connectivity index (χ3v) is 10.5. The number of anilines is 1. The highest BCUT2D eigenvalue weighted by molar-refractivity contribution is 5.98. The maximum atomic E-state index is 14.1. The van der Waals surface area contributed by atoms with Crippen LogP contribution in [0.1, 0.15) is 47.2 Å². The largest absolute Gasteiger partial charge is 0.496 e. The van der Waals surface area contributed by atoms with Gasteiger partial charge < -0.3 is 28.8 Å². The van der Waals surface area contributed by atoms with E-state index in [4.69, 9.17) is 14.1 Å². The maximum Gasteiger partial charge on any atom is 0.257 e. The van der Waals surface area contributed by atoms with Crippen molar-refractivity contribution < 1.29 is 13.9 Å². The first-order valence-corrected chi connectivity index (χ1v) is 17.3. The van der Waals surface area contributed by atoms with E-state index in [0.717, 1.165) is 74.4 Å². The Morgan fingerprint density at radius 1 is 1.04 bits per heavy atom. The lowest BCUT2D eigenvalue weighted by molar-refractivity contribution is 0.0776. The summed E-state index contributed by atoms with van der Waals surface area (Å²) in [5.41, 5.74) is 5.53. The minimum absolute atomic E-state index is 0.0429. The number of tetrazole rings is 1. The van der Waals surface area contributed by atoms with Crippen molar-refractivity contribution in [2.24, 2.45) is 0 Å². The molecule has 3 aromatic heterocycles. The van der Waals surface area contributed by atoms with Gasteiger partial charge in [-0.3, -0.25) is 4.79 Å². The molecule has 12 heteroatoms. The number of imidazole rings is 1. The Kier molecular flexibility index (Phi) is 8.76. The summed E-state index contributed by atoms with van der Waals surface area (Å²) in [6.45, 7) is 5.03. The van der Waals surface area contributed by atoms with Crippen molar-refractivity contribution in [2.75, 3.05) is 44.7 Å². The second-order valence-corrected chi connectivity index (χ2v) is 13.4. The lowest BCUT2D eigenvalue weighted by Gasteiger charge is -2.40. The predicted molar refractivity (Wildman–Crippen MR) is 189 cm³/mol. The van der Waals surface area contributed by atoms with E-state index in [1.165, 1.54) is 11.9 Å². The van der Waals surface area contributed by atoms with Gasteiger partial charge in [-0.2, -0.15) is 0 Å². The zero-order valence-corrected chi connectivity index (χ0v) is 28.2. The lowest BCUT2D eigenvalue weighted by Crippen LogP contribution is -2.46. The van der Waals surface area contributed by atoms with Crippen LogP contribution in [0, 0.1) is 0 Å². The predicted octanol–water partition coefficient (Wildman–Crippen LogP) is 5.49. The van der Waals surface area contributed by atoms with Gasteiger partial charge in [0.2, 0.25) is 5.95 Å². The van der Waals surface area contributed by atoms with E-state index in [-0.39, 0.29) is 11.3 Å². The second kappa shape index (κ2) is 13.8. The molecule has 2 fully saturated rings. The van der Waals surface area contributed by atoms with Gasteiger partial charge in [-0.25, -0.2) is 9.67 Å². The molecule has 1 amide bonds. The highest BCUT2D eigenvalue weighted by Gasteiger charge is 2.42. The Balaban J connectivity index is 0.966. The number of carbonyl (C=O) groups is 1. The van der Waals surface area contributed by atoms with Crippen LogP contribution in [0.2, 0.25) is 0 Å². The van der Waals surface area contributed by atoms with Crippen LogP contribution < -0.4 is 9.64 Å².